The summed E-state index contributed by atoms with van der Waals surface area (Å²) in [5.41, 5.74) is 1.10. The summed E-state index contributed by atoms with van der Waals surface area (Å²) in [4.78, 5) is 34.9. The second-order valence-electron chi connectivity index (χ2n) is 4.50. The van der Waals surface area contributed by atoms with Gasteiger partial charge in [0, 0.05) is 29.9 Å². The molecule has 1 aromatic rings. The van der Waals surface area contributed by atoms with Crippen molar-refractivity contribution in [1.29, 1.82) is 0 Å². The van der Waals surface area contributed by atoms with Crippen LogP contribution in [0.3, 0.4) is 0 Å². The van der Waals surface area contributed by atoms with E-state index in [2.05, 4.69) is 5.32 Å². The topological polar surface area (TPSA) is 102 Å². The molecule has 8 nitrogen and oxygen atoms in total. The van der Waals surface area contributed by atoms with Crippen molar-refractivity contribution in [1.82, 2.24) is 4.90 Å². The van der Waals surface area contributed by atoms with Gasteiger partial charge in [0.25, 0.3) is 17.5 Å². The van der Waals surface area contributed by atoms with Gasteiger partial charge in [-0.15, -0.1) is 0 Å². The SMILES string of the molecule is CCNc1ccc([N+](=O)[O-])cc1CN1C(=O)COCC1=O. The number of nitrogens with one attached hydrogen (secondary N) is 1. The van der Waals surface area contributed by atoms with Gasteiger partial charge in [-0.1, -0.05) is 0 Å². The molecule has 1 aromatic carbocycles. The maximum atomic E-state index is 11.7. The molecular formula is C13H15N3O5. The van der Waals surface area contributed by atoms with Crippen LogP contribution in [0.1, 0.15) is 12.5 Å². The number of hydrogen-bond acceptors (Lipinski definition) is 6. The van der Waals surface area contributed by atoms with E-state index in [0.29, 0.717) is 17.8 Å². The summed E-state index contributed by atoms with van der Waals surface area (Å²) in [6.07, 6.45) is 0. The Kier molecular flexibility index (Phi) is 4.49. The molecule has 0 spiro atoms. The van der Waals surface area contributed by atoms with Crippen LogP contribution in [0.5, 0.6) is 0 Å². The second kappa shape index (κ2) is 6.31. The number of amides is 2. The number of anilines is 1. The van der Waals surface area contributed by atoms with E-state index >= 15 is 0 Å². The van der Waals surface area contributed by atoms with Crippen LogP contribution in [-0.4, -0.2) is 41.4 Å². The monoisotopic (exact) mass is 293 g/mol. The van der Waals surface area contributed by atoms with Crippen molar-refractivity contribution in [2.75, 3.05) is 25.1 Å². The molecule has 0 unspecified atom stereocenters. The van der Waals surface area contributed by atoms with Crippen molar-refractivity contribution < 1.29 is 19.2 Å². The van der Waals surface area contributed by atoms with E-state index in [9.17, 15) is 19.7 Å². The van der Waals surface area contributed by atoms with E-state index in [1.54, 1.807) is 6.07 Å². The number of ether oxygens (including phenoxy) is 1. The van der Waals surface area contributed by atoms with Crippen LogP contribution in [0.25, 0.3) is 0 Å². The Morgan fingerprint density at radius 2 is 2.00 bits per heavy atom. The van der Waals surface area contributed by atoms with Gasteiger partial charge in [0.05, 0.1) is 11.5 Å². The van der Waals surface area contributed by atoms with Gasteiger partial charge in [0.15, 0.2) is 0 Å². The molecule has 1 aliphatic heterocycles. The molecule has 1 saturated heterocycles. The molecule has 21 heavy (non-hydrogen) atoms. The Morgan fingerprint density at radius 1 is 1.33 bits per heavy atom. The highest BCUT2D eigenvalue weighted by Crippen LogP contribution is 2.24. The van der Waals surface area contributed by atoms with Crippen molar-refractivity contribution in [3.8, 4) is 0 Å². The number of carbonyl (C=O) groups is 2. The zero-order valence-electron chi connectivity index (χ0n) is 11.5. The maximum Gasteiger partial charge on any atom is 0.269 e. The molecule has 0 atom stereocenters. The van der Waals surface area contributed by atoms with E-state index in [4.69, 9.17) is 4.74 Å². The molecule has 112 valence electrons. The van der Waals surface area contributed by atoms with Crippen LogP contribution in [0, 0.1) is 10.1 Å². The average Bonchev–Trinajstić information content (AvgIpc) is 2.44. The average molecular weight is 293 g/mol. The maximum absolute atomic E-state index is 11.7. The molecule has 2 rings (SSSR count). The third kappa shape index (κ3) is 3.34. The largest absolute Gasteiger partial charge is 0.385 e. The fourth-order valence-corrected chi connectivity index (χ4v) is 2.05. The minimum absolute atomic E-state index is 0.00889. The first-order valence-electron chi connectivity index (χ1n) is 6.45. The summed E-state index contributed by atoms with van der Waals surface area (Å²) in [5, 5.41) is 13.9. The molecule has 8 heteroatoms. The number of hydrogen-bond donors (Lipinski definition) is 1. The highest BCUT2D eigenvalue weighted by atomic mass is 16.6. The number of nitro groups is 1. The molecule has 1 N–H and O–H groups in total. The van der Waals surface area contributed by atoms with E-state index in [1.807, 2.05) is 6.92 Å². The molecular weight excluding hydrogens is 278 g/mol. The smallest absolute Gasteiger partial charge is 0.269 e. The summed E-state index contributed by atoms with van der Waals surface area (Å²) >= 11 is 0. The lowest BCUT2D eigenvalue weighted by molar-refractivity contribution is -0.384. The molecule has 0 radical (unpaired) electrons. The summed E-state index contributed by atoms with van der Waals surface area (Å²) < 4.78 is 4.84. The van der Waals surface area contributed by atoms with Gasteiger partial charge in [0.1, 0.15) is 13.2 Å². The predicted octanol–water partition coefficient (Wildman–Crippen LogP) is 0.912. The van der Waals surface area contributed by atoms with E-state index in [0.717, 1.165) is 4.90 Å². The lowest BCUT2D eigenvalue weighted by atomic mass is 10.1. The first-order valence-corrected chi connectivity index (χ1v) is 6.45. The molecule has 0 aliphatic carbocycles. The Hall–Kier alpha value is -2.48. The molecule has 2 amide bonds. The van der Waals surface area contributed by atoms with E-state index in [-0.39, 0.29) is 25.4 Å². The number of morpholine rings is 1. The van der Waals surface area contributed by atoms with Gasteiger partial charge in [-0.05, 0) is 13.0 Å². The van der Waals surface area contributed by atoms with Crippen LogP contribution in [0.2, 0.25) is 0 Å². The Bertz CT molecular complexity index is 571. The summed E-state index contributed by atoms with van der Waals surface area (Å²) in [5.74, 6) is -0.889. The van der Waals surface area contributed by atoms with Crippen LogP contribution in [0.4, 0.5) is 11.4 Å². The number of non-ortho nitro benzene ring substituents is 1. The van der Waals surface area contributed by atoms with Crippen LogP contribution < -0.4 is 5.32 Å². The van der Waals surface area contributed by atoms with Crippen molar-refractivity contribution in [3.63, 3.8) is 0 Å². The molecule has 0 saturated carbocycles. The van der Waals surface area contributed by atoms with E-state index in [1.165, 1.54) is 12.1 Å². The number of carbonyl (C=O) groups excluding carboxylic acids is 2. The molecule has 1 fully saturated rings. The number of imide groups is 1. The first kappa shape index (κ1) is 14.9. The van der Waals surface area contributed by atoms with Gasteiger partial charge in [0.2, 0.25) is 0 Å². The Labute approximate surface area is 120 Å². The lowest BCUT2D eigenvalue weighted by Gasteiger charge is -2.25. The zero-order chi connectivity index (χ0) is 15.4. The lowest BCUT2D eigenvalue weighted by Crippen LogP contribution is -2.45. The molecule has 1 aliphatic rings. The van der Waals surface area contributed by atoms with Crippen molar-refractivity contribution >= 4 is 23.2 Å². The van der Waals surface area contributed by atoms with Gasteiger partial charge >= 0.3 is 0 Å². The highest BCUT2D eigenvalue weighted by Gasteiger charge is 2.27. The predicted molar refractivity (Wildman–Crippen MR) is 73.6 cm³/mol. The number of benzene rings is 1. The van der Waals surface area contributed by atoms with Crippen molar-refractivity contribution in [3.05, 3.63) is 33.9 Å². The standard InChI is InChI=1S/C13H15N3O5/c1-2-14-11-4-3-10(16(19)20)5-9(11)6-15-12(17)7-21-8-13(15)18/h3-5,14H,2,6-8H2,1H3. The second-order valence-corrected chi connectivity index (χ2v) is 4.50. The third-order valence-electron chi connectivity index (χ3n) is 3.05. The van der Waals surface area contributed by atoms with Crippen LogP contribution in [-0.2, 0) is 20.9 Å². The highest BCUT2D eigenvalue weighted by molar-refractivity contribution is 5.98. The molecule has 0 aromatic heterocycles. The number of nitrogens with zero attached hydrogens (tertiary/aromatic N) is 2. The first-order chi connectivity index (χ1) is 10.0. The van der Waals surface area contributed by atoms with Crippen LogP contribution >= 0.6 is 0 Å². The van der Waals surface area contributed by atoms with Crippen molar-refractivity contribution in [2.45, 2.75) is 13.5 Å². The van der Waals surface area contributed by atoms with E-state index < -0.39 is 16.7 Å². The normalized spacial score (nSPS) is 15.2. The Balaban J connectivity index is 2.31. The third-order valence-corrected chi connectivity index (χ3v) is 3.05. The minimum atomic E-state index is -0.512. The fraction of sp³-hybridized carbons (Fsp3) is 0.385. The molecule has 1 heterocycles. The van der Waals surface area contributed by atoms with Gasteiger partial charge in [-0.25, -0.2) is 0 Å². The van der Waals surface area contributed by atoms with Crippen molar-refractivity contribution in [2.24, 2.45) is 0 Å². The fourth-order valence-electron chi connectivity index (χ4n) is 2.05. The summed E-state index contributed by atoms with van der Waals surface area (Å²) in [6.45, 7) is 2.19. The Morgan fingerprint density at radius 3 is 2.57 bits per heavy atom. The summed E-state index contributed by atoms with van der Waals surface area (Å²) in [7, 11) is 0. The summed E-state index contributed by atoms with van der Waals surface area (Å²) in [6, 6.07) is 4.32. The number of nitro benzene ring substituents is 1. The quantitative estimate of drug-likeness (QED) is 0.492. The molecule has 0 bridgehead atoms. The number of rotatable bonds is 5. The van der Waals surface area contributed by atoms with Gasteiger partial charge < -0.3 is 10.1 Å². The van der Waals surface area contributed by atoms with Crippen LogP contribution in [0.15, 0.2) is 18.2 Å². The minimum Gasteiger partial charge on any atom is -0.385 e. The zero-order valence-corrected chi connectivity index (χ0v) is 11.5. The van der Waals surface area contributed by atoms with Gasteiger partial charge in [-0.3, -0.25) is 24.6 Å². The van der Waals surface area contributed by atoms with Gasteiger partial charge in [-0.2, -0.15) is 0 Å².